The summed E-state index contributed by atoms with van der Waals surface area (Å²) >= 11 is 0. The van der Waals surface area contributed by atoms with Gasteiger partial charge in [-0.05, 0) is 18.2 Å². The number of nitrogens with one attached hydrogen (secondary N) is 1. The zero-order valence-corrected chi connectivity index (χ0v) is 7.18. The maximum absolute atomic E-state index is 13.1. The van der Waals surface area contributed by atoms with E-state index in [2.05, 4.69) is 17.8 Å². The van der Waals surface area contributed by atoms with Crippen molar-refractivity contribution in [2.75, 3.05) is 11.9 Å². The van der Waals surface area contributed by atoms with E-state index in [4.69, 9.17) is 6.42 Å². The molecule has 0 radical (unpaired) electrons. The number of anilines is 1. The third-order valence-corrected chi connectivity index (χ3v) is 1.58. The maximum Gasteiger partial charge on any atom is 0.140 e. The Balaban J connectivity index is 2.84. The molecule has 1 nitrogen and oxygen atoms in total. The lowest BCUT2D eigenvalue weighted by Crippen LogP contribution is -1.98. The van der Waals surface area contributed by atoms with Crippen LogP contribution in [0.1, 0.15) is 5.56 Å². The van der Waals surface area contributed by atoms with Crippen LogP contribution in [0.15, 0.2) is 30.9 Å². The number of rotatable bonds is 3. The molecule has 0 saturated heterocycles. The van der Waals surface area contributed by atoms with E-state index in [1.807, 2.05) is 0 Å². The standard InChI is InChI=1S/C11H10FN/c1-3-7-13-10-6-5-9(4-2)11(12)8-10/h2-3,5-6,8,13H,1,7H2. The molecular weight excluding hydrogens is 165 g/mol. The number of benzene rings is 1. The molecule has 13 heavy (non-hydrogen) atoms. The molecule has 0 aliphatic carbocycles. The van der Waals surface area contributed by atoms with Crippen LogP contribution in [0.3, 0.4) is 0 Å². The fraction of sp³-hybridized carbons (Fsp3) is 0.0909. The first kappa shape index (κ1) is 9.34. The second-order valence-electron chi connectivity index (χ2n) is 2.51. The van der Waals surface area contributed by atoms with E-state index in [1.165, 1.54) is 6.07 Å². The normalized spacial score (nSPS) is 8.92. The summed E-state index contributed by atoms with van der Waals surface area (Å²) in [6.07, 6.45) is 6.78. The molecule has 0 aliphatic rings. The molecule has 1 rings (SSSR count). The topological polar surface area (TPSA) is 12.0 Å². The Labute approximate surface area is 77.3 Å². The highest BCUT2D eigenvalue weighted by atomic mass is 19.1. The Bertz CT molecular complexity index is 350. The molecule has 1 aromatic carbocycles. The first-order valence-electron chi connectivity index (χ1n) is 3.89. The lowest BCUT2D eigenvalue weighted by atomic mass is 10.2. The van der Waals surface area contributed by atoms with Crippen LogP contribution in [-0.4, -0.2) is 6.54 Å². The van der Waals surface area contributed by atoms with E-state index in [-0.39, 0.29) is 11.4 Å². The summed E-state index contributed by atoms with van der Waals surface area (Å²) in [5, 5.41) is 2.96. The molecule has 0 saturated carbocycles. The molecule has 0 fully saturated rings. The Morgan fingerprint density at radius 3 is 2.92 bits per heavy atom. The van der Waals surface area contributed by atoms with Crippen LogP contribution in [0.2, 0.25) is 0 Å². The summed E-state index contributed by atoms with van der Waals surface area (Å²) in [5.41, 5.74) is 0.987. The minimum atomic E-state index is -0.378. The zero-order chi connectivity index (χ0) is 9.68. The van der Waals surface area contributed by atoms with Gasteiger partial charge in [-0.15, -0.1) is 13.0 Å². The molecule has 1 aromatic rings. The summed E-state index contributed by atoms with van der Waals surface area (Å²) < 4.78 is 13.1. The molecule has 0 bridgehead atoms. The van der Waals surface area contributed by atoms with Crippen molar-refractivity contribution in [1.82, 2.24) is 0 Å². The van der Waals surface area contributed by atoms with Crippen LogP contribution in [0.25, 0.3) is 0 Å². The van der Waals surface area contributed by atoms with Gasteiger partial charge in [0.1, 0.15) is 5.82 Å². The lowest BCUT2D eigenvalue weighted by Gasteiger charge is -2.03. The molecule has 0 atom stereocenters. The van der Waals surface area contributed by atoms with Gasteiger partial charge in [0.05, 0.1) is 5.56 Å². The van der Waals surface area contributed by atoms with Crippen LogP contribution in [-0.2, 0) is 0 Å². The Morgan fingerprint density at radius 2 is 2.38 bits per heavy atom. The number of hydrogen-bond donors (Lipinski definition) is 1. The van der Waals surface area contributed by atoms with Gasteiger partial charge in [-0.25, -0.2) is 4.39 Å². The van der Waals surface area contributed by atoms with Crippen molar-refractivity contribution in [3.63, 3.8) is 0 Å². The highest BCUT2D eigenvalue weighted by Gasteiger charge is 1.99. The van der Waals surface area contributed by atoms with E-state index in [0.717, 1.165) is 0 Å². The van der Waals surface area contributed by atoms with Crippen LogP contribution in [0.5, 0.6) is 0 Å². The summed E-state index contributed by atoms with van der Waals surface area (Å²) in [6, 6.07) is 4.68. The van der Waals surface area contributed by atoms with Gasteiger partial charge in [0.25, 0.3) is 0 Å². The summed E-state index contributed by atoms with van der Waals surface area (Å²) in [4.78, 5) is 0. The second kappa shape index (κ2) is 4.32. The smallest absolute Gasteiger partial charge is 0.140 e. The van der Waals surface area contributed by atoms with Crippen molar-refractivity contribution in [2.24, 2.45) is 0 Å². The Kier molecular flexibility index (Phi) is 3.10. The van der Waals surface area contributed by atoms with Crippen molar-refractivity contribution in [3.05, 3.63) is 42.2 Å². The van der Waals surface area contributed by atoms with Crippen molar-refractivity contribution in [3.8, 4) is 12.3 Å². The minimum Gasteiger partial charge on any atom is -0.381 e. The molecule has 0 spiro atoms. The molecule has 66 valence electrons. The molecule has 0 heterocycles. The van der Waals surface area contributed by atoms with Crippen molar-refractivity contribution in [2.45, 2.75) is 0 Å². The number of halogens is 1. The third kappa shape index (κ3) is 2.34. The summed E-state index contributed by atoms with van der Waals surface area (Å²) in [7, 11) is 0. The van der Waals surface area contributed by atoms with Gasteiger partial charge < -0.3 is 5.32 Å². The van der Waals surface area contributed by atoms with Gasteiger partial charge in [0.2, 0.25) is 0 Å². The molecule has 2 heteroatoms. The van der Waals surface area contributed by atoms with E-state index >= 15 is 0 Å². The molecule has 0 unspecified atom stereocenters. The number of hydrogen-bond acceptors (Lipinski definition) is 1. The van der Waals surface area contributed by atoms with Crippen molar-refractivity contribution >= 4 is 5.69 Å². The monoisotopic (exact) mass is 175 g/mol. The van der Waals surface area contributed by atoms with E-state index in [9.17, 15) is 4.39 Å². The van der Waals surface area contributed by atoms with Gasteiger partial charge in [0, 0.05) is 12.2 Å². The first-order chi connectivity index (χ1) is 6.27. The SMILES string of the molecule is C#Cc1ccc(NCC=C)cc1F. The zero-order valence-electron chi connectivity index (χ0n) is 7.18. The van der Waals surface area contributed by atoms with Gasteiger partial charge in [-0.2, -0.15) is 0 Å². The molecule has 0 aromatic heterocycles. The minimum absolute atomic E-state index is 0.282. The van der Waals surface area contributed by atoms with Crippen LogP contribution in [0, 0.1) is 18.2 Å². The van der Waals surface area contributed by atoms with E-state index < -0.39 is 0 Å². The van der Waals surface area contributed by atoms with Crippen molar-refractivity contribution < 1.29 is 4.39 Å². The second-order valence-corrected chi connectivity index (χ2v) is 2.51. The van der Waals surface area contributed by atoms with Crippen LogP contribution < -0.4 is 5.32 Å². The summed E-state index contributed by atoms with van der Waals surface area (Å²) in [5.74, 6) is 1.88. The maximum atomic E-state index is 13.1. The molecule has 0 amide bonds. The van der Waals surface area contributed by atoms with Gasteiger partial charge in [-0.1, -0.05) is 12.0 Å². The van der Waals surface area contributed by atoms with Crippen molar-refractivity contribution in [1.29, 1.82) is 0 Å². The predicted octanol–water partition coefficient (Wildman–Crippen LogP) is 2.40. The lowest BCUT2D eigenvalue weighted by molar-refractivity contribution is 0.625. The fourth-order valence-corrected chi connectivity index (χ4v) is 0.932. The van der Waals surface area contributed by atoms with Crippen LogP contribution in [0.4, 0.5) is 10.1 Å². The van der Waals surface area contributed by atoms with Gasteiger partial charge >= 0.3 is 0 Å². The molecular formula is C11H10FN. The average molecular weight is 175 g/mol. The first-order valence-corrected chi connectivity index (χ1v) is 3.89. The Hall–Kier alpha value is -1.75. The highest BCUT2D eigenvalue weighted by Crippen LogP contribution is 2.13. The quantitative estimate of drug-likeness (QED) is 0.549. The largest absolute Gasteiger partial charge is 0.381 e. The predicted molar refractivity (Wildman–Crippen MR) is 53.0 cm³/mol. The van der Waals surface area contributed by atoms with Gasteiger partial charge in [0.15, 0.2) is 0 Å². The number of terminal acetylenes is 1. The van der Waals surface area contributed by atoms with E-state index in [0.29, 0.717) is 12.2 Å². The van der Waals surface area contributed by atoms with Gasteiger partial charge in [-0.3, -0.25) is 0 Å². The third-order valence-electron chi connectivity index (χ3n) is 1.58. The van der Waals surface area contributed by atoms with Crippen LogP contribution >= 0.6 is 0 Å². The molecule has 0 aliphatic heterocycles. The average Bonchev–Trinajstić information content (AvgIpc) is 2.15. The Morgan fingerprint density at radius 1 is 1.62 bits per heavy atom. The fourth-order valence-electron chi connectivity index (χ4n) is 0.932. The molecule has 1 N–H and O–H groups in total. The van der Waals surface area contributed by atoms with E-state index in [1.54, 1.807) is 18.2 Å². The summed E-state index contributed by atoms with van der Waals surface area (Å²) in [6.45, 7) is 4.15. The highest BCUT2D eigenvalue weighted by molar-refractivity contribution is 5.49.